The number of aromatic hydroxyl groups is 1. The van der Waals surface area contributed by atoms with Crippen molar-refractivity contribution >= 4 is 11.4 Å². The van der Waals surface area contributed by atoms with Gasteiger partial charge in [0.1, 0.15) is 5.75 Å². The van der Waals surface area contributed by atoms with E-state index in [-0.39, 0.29) is 11.8 Å². The Kier molecular flexibility index (Phi) is 5.83. The molecule has 20 heavy (non-hydrogen) atoms. The van der Waals surface area contributed by atoms with Crippen molar-refractivity contribution in [2.24, 2.45) is 5.73 Å². The molecule has 5 nitrogen and oxygen atoms in total. The van der Waals surface area contributed by atoms with E-state index >= 15 is 0 Å². The summed E-state index contributed by atoms with van der Waals surface area (Å²) in [6, 6.07) is 13.6. The van der Waals surface area contributed by atoms with Crippen molar-refractivity contribution in [1.29, 1.82) is 0 Å². The Hall–Kier alpha value is -2.24. The third kappa shape index (κ3) is 4.79. The molecule has 0 aliphatic carbocycles. The first-order valence-corrected chi connectivity index (χ1v) is 6.24. The summed E-state index contributed by atoms with van der Waals surface area (Å²) in [7, 11) is 0. The molecule has 2 atom stereocenters. The van der Waals surface area contributed by atoms with Gasteiger partial charge in [0.05, 0.1) is 17.8 Å². The number of aliphatic hydroxyl groups is 1. The van der Waals surface area contributed by atoms with Crippen LogP contribution >= 0.6 is 0 Å². The fourth-order valence-electron chi connectivity index (χ4n) is 1.48. The number of nitrogen functional groups attached to an aromatic ring is 2. The van der Waals surface area contributed by atoms with Gasteiger partial charge in [0, 0.05) is 5.69 Å². The number of para-hydroxylation sites is 2. The SMILES string of the molecule is CC(O)C(N)c1ccc(N)cc1.Nc1ccccc1O. The standard InChI is InChI=1S/C9H14N2O.C6H7NO/c1-6(12)9(11)7-2-4-8(10)5-3-7;7-5-3-1-2-4-6(5)8/h2-6,9,12H,10-11H2,1H3;1-4,8H,7H2. The fourth-order valence-corrected chi connectivity index (χ4v) is 1.48. The van der Waals surface area contributed by atoms with Gasteiger partial charge in [-0.1, -0.05) is 24.3 Å². The second kappa shape index (κ2) is 7.37. The fraction of sp³-hybridized carbons (Fsp3) is 0.200. The number of anilines is 2. The van der Waals surface area contributed by atoms with Crippen molar-refractivity contribution in [3.8, 4) is 5.75 Å². The molecule has 0 aliphatic rings. The maximum atomic E-state index is 9.19. The number of phenolic OH excluding ortho intramolecular Hbond substituents is 1. The number of nitrogens with two attached hydrogens (primary N) is 3. The van der Waals surface area contributed by atoms with E-state index in [1.807, 2.05) is 12.1 Å². The molecule has 108 valence electrons. The van der Waals surface area contributed by atoms with Crippen LogP contribution in [0.5, 0.6) is 5.75 Å². The van der Waals surface area contributed by atoms with E-state index in [4.69, 9.17) is 22.3 Å². The Morgan fingerprint density at radius 1 is 0.950 bits per heavy atom. The summed E-state index contributed by atoms with van der Waals surface area (Å²) in [6.45, 7) is 1.67. The van der Waals surface area contributed by atoms with Crippen LogP contribution in [0.25, 0.3) is 0 Å². The largest absolute Gasteiger partial charge is 0.506 e. The van der Waals surface area contributed by atoms with Gasteiger partial charge in [0.2, 0.25) is 0 Å². The molecule has 0 fully saturated rings. The van der Waals surface area contributed by atoms with Gasteiger partial charge in [-0.05, 0) is 36.8 Å². The van der Waals surface area contributed by atoms with Crippen LogP contribution in [-0.4, -0.2) is 16.3 Å². The molecule has 2 rings (SSSR count). The normalized spacial score (nSPS) is 12.9. The molecule has 0 bridgehead atoms. The van der Waals surface area contributed by atoms with Crippen molar-refractivity contribution < 1.29 is 10.2 Å². The summed E-state index contributed by atoms with van der Waals surface area (Å²) in [5.74, 6) is 0.146. The predicted molar refractivity (Wildman–Crippen MR) is 82.0 cm³/mol. The molecule has 5 heteroatoms. The smallest absolute Gasteiger partial charge is 0.138 e. The monoisotopic (exact) mass is 275 g/mol. The number of hydrogen-bond acceptors (Lipinski definition) is 5. The van der Waals surface area contributed by atoms with Gasteiger partial charge in [0.15, 0.2) is 0 Å². The van der Waals surface area contributed by atoms with Crippen LogP contribution in [0.15, 0.2) is 48.5 Å². The van der Waals surface area contributed by atoms with Crippen molar-refractivity contribution in [2.45, 2.75) is 19.1 Å². The molecule has 2 aromatic rings. The van der Waals surface area contributed by atoms with E-state index in [0.29, 0.717) is 11.4 Å². The summed E-state index contributed by atoms with van der Waals surface area (Å²) >= 11 is 0. The minimum Gasteiger partial charge on any atom is -0.506 e. The van der Waals surface area contributed by atoms with E-state index in [9.17, 15) is 5.11 Å². The molecular weight excluding hydrogens is 254 g/mol. The zero-order chi connectivity index (χ0) is 15.1. The lowest BCUT2D eigenvalue weighted by Gasteiger charge is -2.14. The van der Waals surface area contributed by atoms with E-state index in [1.54, 1.807) is 43.3 Å². The van der Waals surface area contributed by atoms with Crippen molar-refractivity contribution in [1.82, 2.24) is 0 Å². The van der Waals surface area contributed by atoms with Crippen LogP contribution in [0.3, 0.4) is 0 Å². The third-order valence-corrected chi connectivity index (χ3v) is 2.78. The lowest BCUT2D eigenvalue weighted by Crippen LogP contribution is -2.22. The van der Waals surface area contributed by atoms with E-state index in [2.05, 4.69) is 0 Å². The third-order valence-electron chi connectivity index (χ3n) is 2.78. The average molecular weight is 275 g/mol. The van der Waals surface area contributed by atoms with Gasteiger partial charge >= 0.3 is 0 Å². The Balaban J connectivity index is 0.000000217. The number of hydrogen-bond donors (Lipinski definition) is 5. The molecule has 0 saturated carbocycles. The first-order valence-electron chi connectivity index (χ1n) is 6.24. The minimum absolute atomic E-state index is 0.146. The molecule has 0 heterocycles. The lowest BCUT2D eigenvalue weighted by atomic mass is 10.0. The zero-order valence-electron chi connectivity index (χ0n) is 11.4. The Morgan fingerprint density at radius 2 is 1.50 bits per heavy atom. The summed E-state index contributed by atoms with van der Waals surface area (Å²) in [5, 5.41) is 18.0. The summed E-state index contributed by atoms with van der Waals surface area (Å²) in [6.07, 6.45) is -0.534. The molecule has 2 unspecified atom stereocenters. The Labute approximate surface area is 118 Å². The Bertz CT molecular complexity index is 506. The second-order valence-corrected chi connectivity index (χ2v) is 4.49. The molecule has 8 N–H and O–H groups in total. The first-order chi connectivity index (χ1) is 9.41. The molecule has 0 radical (unpaired) electrons. The number of aliphatic hydroxyl groups excluding tert-OH is 1. The van der Waals surface area contributed by atoms with Gasteiger partial charge in [-0.3, -0.25) is 0 Å². The van der Waals surface area contributed by atoms with Crippen LogP contribution in [0.4, 0.5) is 11.4 Å². The zero-order valence-corrected chi connectivity index (χ0v) is 11.4. The molecule has 0 aromatic heterocycles. The van der Waals surface area contributed by atoms with Gasteiger partial charge in [-0.25, -0.2) is 0 Å². The van der Waals surface area contributed by atoms with Crippen molar-refractivity contribution in [3.05, 3.63) is 54.1 Å². The van der Waals surface area contributed by atoms with Crippen molar-refractivity contribution in [2.75, 3.05) is 11.5 Å². The van der Waals surface area contributed by atoms with Crippen LogP contribution in [0.2, 0.25) is 0 Å². The van der Waals surface area contributed by atoms with Gasteiger partial charge in [-0.15, -0.1) is 0 Å². The summed E-state index contributed by atoms with van der Waals surface area (Å²) < 4.78 is 0. The van der Waals surface area contributed by atoms with Crippen LogP contribution in [0, 0.1) is 0 Å². The predicted octanol–water partition coefficient (Wildman–Crippen LogP) is 1.62. The highest BCUT2D eigenvalue weighted by Gasteiger charge is 2.10. The molecule has 0 saturated heterocycles. The highest BCUT2D eigenvalue weighted by atomic mass is 16.3. The number of phenols is 1. The molecule has 0 aliphatic heterocycles. The number of rotatable bonds is 2. The first kappa shape index (κ1) is 15.8. The van der Waals surface area contributed by atoms with E-state index in [1.165, 1.54) is 0 Å². The Morgan fingerprint density at radius 3 is 1.90 bits per heavy atom. The topological polar surface area (TPSA) is 119 Å². The van der Waals surface area contributed by atoms with E-state index < -0.39 is 6.10 Å². The highest BCUT2D eigenvalue weighted by molar-refractivity contribution is 5.50. The minimum atomic E-state index is -0.534. The van der Waals surface area contributed by atoms with E-state index in [0.717, 1.165) is 5.56 Å². The molecule has 2 aromatic carbocycles. The van der Waals surface area contributed by atoms with Gasteiger partial charge in [-0.2, -0.15) is 0 Å². The average Bonchev–Trinajstić information content (AvgIpc) is 2.43. The highest BCUT2D eigenvalue weighted by Crippen LogP contribution is 2.16. The van der Waals surface area contributed by atoms with Gasteiger partial charge in [0.25, 0.3) is 0 Å². The maximum Gasteiger partial charge on any atom is 0.138 e. The lowest BCUT2D eigenvalue weighted by molar-refractivity contribution is 0.164. The van der Waals surface area contributed by atoms with Crippen LogP contribution < -0.4 is 17.2 Å². The number of benzene rings is 2. The van der Waals surface area contributed by atoms with Crippen LogP contribution in [0.1, 0.15) is 18.5 Å². The van der Waals surface area contributed by atoms with Crippen LogP contribution in [-0.2, 0) is 0 Å². The van der Waals surface area contributed by atoms with Crippen molar-refractivity contribution in [3.63, 3.8) is 0 Å². The second-order valence-electron chi connectivity index (χ2n) is 4.49. The molecule has 0 amide bonds. The van der Waals surface area contributed by atoms with Gasteiger partial charge < -0.3 is 27.4 Å². The summed E-state index contributed by atoms with van der Waals surface area (Å²) in [4.78, 5) is 0. The summed E-state index contributed by atoms with van der Waals surface area (Å²) in [5.41, 5.74) is 18.5. The molecular formula is C15H21N3O2. The maximum absolute atomic E-state index is 9.19. The molecule has 0 spiro atoms. The quantitative estimate of drug-likeness (QED) is 0.421.